The number of anilines is 1. The van der Waals surface area contributed by atoms with Crippen LogP contribution in [0.3, 0.4) is 0 Å². The summed E-state index contributed by atoms with van der Waals surface area (Å²) in [7, 11) is 0. The normalized spacial score (nSPS) is 17.5. The molecule has 164 valence electrons. The van der Waals surface area contributed by atoms with Gasteiger partial charge in [-0.2, -0.15) is 0 Å². The van der Waals surface area contributed by atoms with Crippen molar-refractivity contribution in [3.63, 3.8) is 0 Å². The monoisotopic (exact) mass is 414 g/mol. The smallest absolute Gasteiger partial charge is 0.319 e. The molecular formula is C23H34N4O3. The molecule has 0 saturated carbocycles. The van der Waals surface area contributed by atoms with Crippen molar-refractivity contribution in [1.82, 2.24) is 15.1 Å². The van der Waals surface area contributed by atoms with Crippen molar-refractivity contribution in [2.75, 3.05) is 25.0 Å². The van der Waals surface area contributed by atoms with Crippen LogP contribution in [0.4, 0.5) is 10.5 Å². The van der Waals surface area contributed by atoms with Crippen LogP contribution in [0.1, 0.15) is 57.9 Å². The number of hydrogen-bond donors (Lipinski definition) is 2. The lowest BCUT2D eigenvalue weighted by Crippen LogP contribution is -2.48. The summed E-state index contributed by atoms with van der Waals surface area (Å²) in [6.45, 7) is 6.96. The highest BCUT2D eigenvalue weighted by molar-refractivity contribution is 5.89. The number of rotatable bonds is 7. The topological polar surface area (TPSA) is 81.8 Å². The van der Waals surface area contributed by atoms with Gasteiger partial charge < -0.3 is 20.4 Å². The fourth-order valence-corrected chi connectivity index (χ4v) is 4.28. The number of piperidine rings is 1. The third-order valence-electron chi connectivity index (χ3n) is 6.23. The maximum atomic E-state index is 12.5. The van der Waals surface area contributed by atoms with Crippen molar-refractivity contribution < 1.29 is 14.4 Å². The van der Waals surface area contributed by atoms with Crippen molar-refractivity contribution in [3.8, 4) is 0 Å². The molecule has 1 aromatic carbocycles. The predicted octanol–water partition coefficient (Wildman–Crippen LogP) is 3.36. The maximum absolute atomic E-state index is 12.5. The molecule has 2 N–H and O–H groups in total. The van der Waals surface area contributed by atoms with E-state index in [0.29, 0.717) is 26.1 Å². The van der Waals surface area contributed by atoms with E-state index in [0.717, 1.165) is 49.9 Å². The van der Waals surface area contributed by atoms with E-state index >= 15 is 0 Å². The molecule has 2 saturated heterocycles. The van der Waals surface area contributed by atoms with Gasteiger partial charge >= 0.3 is 6.03 Å². The summed E-state index contributed by atoms with van der Waals surface area (Å²) in [4.78, 5) is 40.4. The average molecular weight is 415 g/mol. The van der Waals surface area contributed by atoms with E-state index < -0.39 is 0 Å². The highest BCUT2D eigenvalue weighted by atomic mass is 16.2. The number of benzene rings is 1. The molecular weight excluding hydrogens is 380 g/mol. The lowest BCUT2D eigenvalue weighted by molar-refractivity contribution is -0.136. The molecule has 0 unspecified atom stereocenters. The number of carbonyl (C=O) groups is 3. The lowest BCUT2D eigenvalue weighted by Gasteiger charge is -2.34. The molecule has 4 amide bonds. The Kier molecular flexibility index (Phi) is 7.71. The van der Waals surface area contributed by atoms with Gasteiger partial charge in [-0.1, -0.05) is 26.0 Å². The second kappa shape index (κ2) is 10.5. The molecule has 1 aromatic rings. The first kappa shape index (κ1) is 22.1. The van der Waals surface area contributed by atoms with Gasteiger partial charge in [-0.3, -0.25) is 9.59 Å². The summed E-state index contributed by atoms with van der Waals surface area (Å²) >= 11 is 0. The molecule has 7 nitrogen and oxygen atoms in total. The quantitative estimate of drug-likeness (QED) is 0.718. The zero-order valence-electron chi connectivity index (χ0n) is 18.2. The minimum Gasteiger partial charge on any atom is -0.342 e. The van der Waals surface area contributed by atoms with Crippen LogP contribution >= 0.6 is 0 Å². The molecule has 30 heavy (non-hydrogen) atoms. The zero-order valence-corrected chi connectivity index (χ0v) is 18.2. The number of hydrogen-bond acceptors (Lipinski definition) is 3. The first-order chi connectivity index (χ1) is 14.5. The Bertz CT molecular complexity index is 737. The van der Waals surface area contributed by atoms with Crippen molar-refractivity contribution in [1.29, 1.82) is 0 Å². The molecule has 2 aliphatic rings. The molecule has 3 rings (SSSR count). The van der Waals surface area contributed by atoms with Gasteiger partial charge in [0.1, 0.15) is 0 Å². The molecule has 0 spiro atoms. The predicted molar refractivity (Wildman–Crippen MR) is 117 cm³/mol. The molecule has 0 aliphatic carbocycles. The summed E-state index contributed by atoms with van der Waals surface area (Å²) in [6.07, 6.45) is 4.89. The van der Waals surface area contributed by atoms with Crippen molar-refractivity contribution in [2.24, 2.45) is 5.92 Å². The lowest BCUT2D eigenvalue weighted by atomic mass is 9.98. The van der Waals surface area contributed by atoms with Crippen molar-refractivity contribution in [3.05, 3.63) is 29.8 Å². The molecule has 0 radical (unpaired) electrons. The van der Waals surface area contributed by atoms with E-state index in [-0.39, 0.29) is 29.8 Å². The largest absolute Gasteiger partial charge is 0.342 e. The van der Waals surface area contributed by atoms with E-state index in [1.807, 2.05) is 34.1 Å². The Balaban J connectivity index is 1.41. The van der Waals surface area contributed by atoms with Crippen LogP contribution in [-0.2, 0) is 16.1 Å². The Morgan fingerprint density at radius 2 is 1.73 bits per heavy atom. The third kappa shape index (κ3) is 5.74. The second-order valence-electron chi connectivity index (χ2n) is 8.33. The van der Waals surface area contributed by atoms with Crippen LogP contribution in [0, 0.1) is 5.92 Å². The molecule has 2 fully saturated rings. The van der Waals surface area contributed by atoms with Crippen LogP contribution < -0.4 is 10.6 Å². The van der Waals surface area contributed by atoms with Gasteiger partial charge in [0.05, 0.1) is 0 Å². The highest BCUT2D eigenvalue weighted by Crippen LogP contribution is 2.18. The first-order valence-corrected chi connectivity index (χ1v) is 11.2. The van der Waals surface area contributed by atoms with Crippen molar-refractivity contribution in [2.45, 2.75) is 65.0 Å². The fraction of sp³-hybridized carbons (Fsp3) is 0.609. The van der Waals surface area contributed by atoms with Gasteiger partial charge in [0, 0.05) is 50.2 Å². The Morgan fingerprint density at radius 1 is 1.07 bits per heavy atom. The van der Waals surface area contributed by atoms with Gasteiger partial charge in [-0.05, 0) is 49.8 Å². The van der Waals surface area contributed by atoms with Gasteiger partial charge in [-0.15, -0.1) is 0 Å². The van der Waals surface area contributed by atoms with E-state index in [2.05, 4.69) is 24.5 Å². The van der Waals surface area contributed by atoms with Gasteiger partial charge in [0.2, 0.25) is 11.8 Å². The summed E-state index contributed by atoms with van der Waals surface area (Å²) in [5.41, 5.74) is 1.79. The van der Waals surface area contributed by atoms with E-state index in [1.54, 1.807) is 0 Å². The minimum atomic E-state index is -0.220. The van der Waals surface area contributed by atoms with Crippen LogP contribution in [0.2, 0.25) is 0 Å². The number of amides is 4. The summed E-state index contributed by atoms with van der Waals surface area (Å²) in [5.74, 6) is 0.576. The maximum Gasteiger partial charge on any atom is 0.319 e. The first-order valence-electron chi connectivity index (χ1n) is 11.2. The average Bonchev–Trinajstić information content (AvgIpc) is 3.15. The Labute approximate surface area is 179 Å². The number of likely N-dealkylation sites (tertiary alicyclic amines) is 2. The van der Waals surface area contributed by atoms with Gasteiger partial charge in [0.25, 0.3) is 0 Å². The third-order valence-corrected chi connectivity index (χ3v) is 6.23. The molecule has 7 heteroatoms. The second-order valence-corrected chi connectivity index (χ2v) is 8.33. The summed E-state index contributed by atoms with van der Waals surface area (Å²) < 4.78 is 0. The number of carbonyl (C=O) groups excluding carboxylic acids is 3. The number of nitrogens with one attached hydrogen (secondary N) is 2. The Morgan fingerprint density at radius 3 is 2.30 bits per heavy atom. The van der Waals surface area contributed by atoms with Crippen LogP contribution in [0.15, 0.2) is 24.3 Å². The van der Waals surface area contributed by atoms with Crippen LogP contribution in [-0.4, -0.2) is 53.3 Å². The fourth-order valence-electron chi connectivity index (χ4n) is 4.28. The van der Waals surface area contributed by atoms with E-state index in [1.165, 1.54) is 0 Å². The highest BCUT2D eigenvalue weighted by Gasteiger charge is 2.27. The van der Waals surface area contributed by atoms with Crippen molar-refractivity contribution >= 4 is 23.5 Å². The summed E-state index contributed by atoms with van der Waals surface area (Å²) in [6, 6.07) is 7.49. The van der Waals surface area contributed by atoms with Crippen LogP contribution in [0.25, 0.3) is 0 Å². The number of urea groups is 1. The van der Waals surface area contributed by atoms with Gasteiger partial charge in [0.15, 0.2) is 0 Å². The molecule has 0 bridgehead atoms. The Hall–Kier alpha value is -2.57. The minimum absolute atomic E-state index is 0.0798. The molecule has 2 heterocycles. The zero-order chi connectivity index (χ0) is 21.5. The van der Waals surface area contributed by atoms with Crippen LogP contribution in [0.5, 0.6) is 0 Å². The molecule has 0 atom stereocenters. The molecule has 0 aromatic heterocycles. The van der Waals surface area contributed by atoms with E-state index in [9.17, 15) is 14.4 Å². The molecule has 2 aliphatic heterocycles. The number of nitrogens with zero attached hydrogens (tertiary/aromatic N) is 2. The summed E-state index contributed by atoms with van der Waals surface area (Å²) in [5, 5.41) is 5.90. The van der Waals surface area contributed by atoms with Gasteiger partial charge in [-0.25, -0.2) is 4.79 Å². The standard InChI is InChI=1S/C23H34N4O3/c1-3-18(4-2)22(29)26-14-11-20(12-15-26)25-23(30)24-19-9-7-17(8-10-19)16-27-13-5-6-21(27)28/h7-10,18,20H,3-6,11-16H2,1-2H3,(H2,24,25,30). The SMILES string of the molecule is CCC(CC)C(=O)N1CCC(NC(=O)Nc2ccc(CN3CCCC3=O)cc2)CC1. The van der Waals surface area contributed by atoms with E-state index in [4.69, 9.17) is 0 Å².